The van der Waals surface area contributed by atoms with Gasteiger partial charge in [0.25, 0.3) is 10.0 Å². The van der Waals surface area contributed by atoms with Gasteiger partial charge in [0, 0.05) is 16.8 Å². The maximum absolute atomic E-state index is 12.7. The van der Waals surface area contributed by atoms with Crippen molar-refractivity contribution in [3.05, 3.63) is 96.1 Å². The van der Waals surface area contributed by atoms with E-state index < -0.39 is 16.0 Å². The number of aromatic nitrogens is 3. The fraction of sp³-hybridized carbons (Fsp3) is 0.0741. The van der Waals surface area contributed by atoms with Gasteiger partial charge in [-0.05, 0) is 42.3 Å². The molecule has 180 valence electrons. The largest absolute Gasteiger partial charge is 0.478 e. The maximum atomic E-state index is 12.7. The number of pyridine rings is 1. The summed E-state index contributed by atoms with van der Waals surface area (Å²) < 4.78 is 28.0. The number of carboxylic acids is 1. The van der Waals surface area contributed by atoms with Crippen molar-refractivity contribution in [3.63, 3.8) is 0 Å². The van der Waals surface area contributed by atoms with Gasteiger partial charge in [0.05, 0.1) is 27.2 Å². The van der Waals surface area contributed by atoms with E-state index in [1.54, 1.807) is 42.5 Å². The van der Waals surface area contributed by atoms with Crippen LogP contribution in [0.1, 0.15) is 22.8 Å². The van der Waals surface area contributed by atoms with Crippen molar-refractivity contribution in [1.29, 1.82) is 0 Å². The Kier molecular flexibility index (Phi) is 5.99. The molecule has 36 heavy (non-hydrogen) atoms. The van der Waals surface area contributed by atoms with Gasteiger partial charge in [-0.2, -0.15) is 5.10 Å². The highest BCUT2D eigenvalue weighted by Gasteiger charge is 2.20. The maximum Gasteiger partial charge on any atom is 0.336 e. The third-order valence-corrected chi connectivity index (χ3v) is 7.29. The van der Waals surface area contributed by atoms with Crippen molar-refractivity contribution < 1.29 is 18.3 Å². The van der Waals surface area contributed by atoms with Crippen LogP contribution in [0.5, 0.6) is 0 Å². The van der Waals surface area contributed by atoms with E-state index in [0.717, 1.165) is 12.0 Å². The number of rotatable bonds is 7. The summed E-state index contributed by atoms with van der Waals surface area (Å²) in [5.41, 5.74) is 4.28. The van der Waals surface area contributed by atoms with Crippen molar-refractivity contribution in [3.8, 4) is 22.5 Å². The molecular weight excluding hydrogens is 476 g/mol. The normalized spacial score (nSPS) is 11.5. The third kappa shape index (κ3) is 4.44. The number of aromatic carboxylic acids is 1. The summed E-state index contributed by atoms with van der Waals surface area (Å²) in [4.78, 5) is 16.8. The highest BCUT2D eigenvalue weighted by molar-refractivity contribution is 7.92. The number of aromatic amines is 1. The van der Waals surface area contributed by atoms with Gasteiger partial charge in [0.15, 0.2) is 5.65 Å². The number of aryl methyl sites for hydroxylation is 1. The summed E-state index contributed by atoms with van der Waals surface area (Å²) in [7, 11) is -3.78. The quantitative estimate of drug-likeness (QED) is 0.278. The van der Waals surface area contributed by atoms with Crippen LogP contribution in [0, 0.1) is 0 Å². The highest BCUT2D eigenvalue weighted by atomic mass is 32.2. The van der Waals surface area contributed by atoms with Crippen LogP contribution in [0.4, 0.5) is 5.69 Å². The van der Waals surface area contributed by atoms with Crippen molar-refractivity contribution >= 4 is 32.7 Å². The van der Waals surface area contributed by atoms with Crippen LogP contribution < -0.4 is 4.72 Å². The fourth-order valence-corrected chi connectivity index (χ4v) is 5.04. The second-order valence-corrected chi connectivity index (χ2v) is 9.89. The number of carbonyl (C=O) groups is 1. The summed E-state index contributed by atoms with van der Waals surface area (Å²) in [6.45, 7) is 2.07. The lowest BCUT2D eigenvalue weighted by Crippen LogP contribution is -2.12. The number of hydrogen-bond donors (Lipinski definition) is 3. The molecular formula is C27H22N4O4S. The Balaban J connectivity index is 1.52. The first kappa shape index (κ1) is 23.3. The number of nitrogens with one attached hydrogen (secondary N) is 2. The number of fused-ring (bicyclic) bond motifs is 1. The van der Waals surface area contributed by atoms with Crippen LogP contribution in [0.15, 0.2) is 89.8 Å². The number of sulfonamides is 1. The average Bonchev–Trinajstić information content (AvgIpc) is 3.32. The number of hydrogen-bond acceptors (Lipinski definition) is 5. The van der Waals surface area contributed by atoms with Gasteiger partial charge >= 0.3 is 5.97 Å². The number of anilines is 1. The molecule has 0 aliphatic rings. The number of carboxylic acid groups (broad SMARTS) is 1. The zero-order valence-electron chi connectivity index (χ0n) is 19.3. The Morgan fingerprint density at radius 3 is 2.25 bits per heavy atom. The number of H-pyrrole nitrogens is 1. The van der Waals surface area contributed by atoms with Gasteiger partial charge < -0.3 is 5.11 Å². The molecule has 0 bridgehead atoms. The molecule has 3 N–H and O–H groups in total. The third-order valence-electron chi connectivity index (χ3n) is 5.89. The minimum Gasteiger partial charge on any atom is -0.478 e. The lowest BCUT2D eigenvalue weighted by Gasteiger charge is -2.09. The molecule has 0 aliphatic carbocycles. The van der Waals surface area contributed by atoms with E-state index in [4.69, 9.17) is 0 Å². The molecule has 0 unspecified atom stereocenters. The van der Waals surface area contributed by atoms with E-state index in [1.165, 1.54) is 23.8 Å². The number of para-hydroxylation sites is 1. The molecule has 0 spiro atoms. The fourth-order valence-electron chi connectivity index (χ4n) is 3.98. The van der Waals surface area contributed by atoms with Crippen LogP contribution in [0.2, 0.25) is 0 Å². The monoisotopic (exact) mass is 498 g/mol. The van der Waals surface area contributed by atoms with Crippen LogP contribution in [0.3, 0.4) is 0 Å². The van der Waals surface area contributed by atoms with Crippen LogP contribution >= 0.6 is 0 Å². The second-order valence-electron chi connectivity index (χ2n) is 8.20. The van der Waals surface area contributed by atoms with Crippen LogP contribution in [0.25, 0.3) is 33.5 Å². The van der Waals surface area contributed by atoms with E-state index in [9.17, 15) is 18.3 Å². The zero-order valence-corrected chi connectivity index (χ0v) is 20.1. The van der Waals surface area contributed by atoms with Crippen molar-refractivity contribution in [2.75, 3.05) is 4.72 Å². The Morgan fingerprint density at radius 1 is 0.944 bits per heavy atom. The predicted molar refractivity (Wildman–Crippen MR) is 138 cm³/mol. The molecule has 0 saturated carbocycles. The second kappa shape index (κ2) is 9.27. The van der Waals surface area contributed by atoms with Crippen molar-refractivity contribution in [1.82, 2.24) is 15.2 Å². The summed E-state index contributed by atoms with van der Waals surface area (Å²) in [6, 6.07) is 24.0. The summed E-state index contributed by atoms with van der Waals surface area (Å²) in [5.74, 6) is -1.11. The molecule has 9 heteroatoms. The van der Waals surface area contributed by atoms with E-state index in [1.807, 2.05) is 24.3 Å². The Hall–Kier alpha value is -4.50. The molecule has 2 aromatic heterocycles. The first-order chi connectivity index (χ1) is 17.4. The van der Waals surface area contributed by atoms with E-state index >= 15 is 0 Å². The number of nitrogens with zero attached hydrogens (tertiary/aromatic N) is 2. The molecule has 3 aromatic carbocycles. The van der Waals surface area contributed by atoms with Gasteiger partial charge in [-0.25, -0.2) is 18.2 Å². The standard InChI is InChI=1S/C27H22N4O4S/c1-2-17-8-10-19(11-9-17)25-24-22(27(32)33)16-23(28-26(24)30-29-25)18-12-14-21(15-13-18)36(34,35)31-20-6-4-3-5-7-20/h3-16,31H,2H2,1H3,(H,32,33)(H,28,29,30). The van der Waals surface area contributed by atoms with E-state index in [0.29, 0.717) is 28.0 Å². The van der Waals surface area contributed by atoms with Gasteiger partial charge in [0.1, 0.15) is 0 Å². The average molecular weight is 499 g/mol. The van der Waals surface area contributed by atoms with Crippen molar-refractivity contribution in [2.45, 2.75) is 18.2 Å². The smallest absolute Gasteiger partial charge is 0.336 e. The van der Waals surface area contributed by atoms with E-state index in [2.05, 4.69) is 26.8 Å². The molecule has 0 atom stereocenters. The first-order valence-corrected chi connectivity index (χ1v) is 12.7. The van der Waals surface area contributed by atoms with Crippen LogP contribution in [-0.4, -0.2) is 34.7 Å². The lowest BCUT2D eigenvalue weighted by atomic mass is 10.0. The Labute approximate surface area is 207 Å². The van der Waals surface area contributed by atoms with Crippen LogP contribution in [-0.2, 0) is 16.4 Å². The molecule has 0 saturated heterocycles. The molecule has 8 nitrogen and oxygen atoms in total. The first-order valence-electron chi connectivity index (χ1n) is 11.3. The molecule has 0 amide bonds. The van der Waals surface area contributed by atoms with Gasteiger partial charge in [-0.3, -0.25) is 9.82 Å². The summed E-state index contributed by atoms with van der Waals surface area (Å²) in [6.07, 6.45) is 0.900. The molecule has 0 aliphatic heterocycles. The highest BCUT2D eigenvalue weighted by Crippen LogP contribution is 2.32. The lowest BCUT2D eigenvalue weighted by molar-refractivity contribution is 0.0699. The zero-order chi connectivity index (χ0) is 25.3. The van der Waals surface area contributed by atoms with Gasteiger partial charge in [-0.15, -0.1) is 0 Å². The molecule has 0 radical (unpaired) electrons. The number of benzene rings is 3. The SMILES string of the molecule is CCc1ccc(-c2[nH]nc3nc(-c4ccc(S(=O)(=O)Nc5ccccc5)cc4)cc(C(=O)O)c23)cc1. The van der Waals surface area contributed by atoms with Gasteiger partial charge in [-0.1, -0.05) is 61.5 Å². The minimum atomic E-state index is -3.78. The van der Waals surface area contributed by atoms with Crippen molar-refractivity contribution in [2.24, 2.45) is 0 Å². The van der Waals surface area contributed by atoms with E-state index in [-0.39, 0.29) is 16.1 Å². The summed E-state index contributed by atoms with van der Waals surface area (Å²) in [5, 5.41) is 17.6. The topological polar surface area (TPSA) is 125 Å². The van der Waals surface area contributed by atoms with Gasteiger partial charge in [0.2, 0.25) is 0 Å². The Bertz CT molecular complexity index is 1660. The Morgan fingerprint density at radius 2 is 1.61 bits per heavy atom. The molecule has 2 heterocycles. The molecule has 5 aromatic rings. The molecule has 0 fully saturated rings. The predicted octanol–water partition coefficient (Wildman–Crippen LogP) is 5.35. The molecule has 5 rings (SSSR count). The minimum absolute atomic E-state index is 0.0563. The summed E-state index contributed by atoms with van der Waals surface area (Å²) >= 11 is 0.